The minimum absolute atomic E-state index is 0.0936. The molecule has 8 heteroatoms. The molecule has 2 saturated heterocycles. The summed E-state index contributed by atoms with van der Waals surface area (Å²) in [6.07, 6.45) is 2.68. The van der Waals surface area contributed by atoms with Gasteiger partial charge in [-0.3, -0.25) is 4.79 Å². The Balaban J connectivity index is 1.79. The molecule has 0 aromatic carbocycles. The predicted molar refractivity (Wildman–Crippen MR) is 91.9 cm³/mol. The molecule has 0 saturated carbocycles. The molecule has 7 nitrogen and oxygen atoms in total. The minimum atomic E-state index is -3.59. The van der Waals surface area contributed by atoms with Crippen LogP contribution in [-0.2, 0) is 14.8 Å². The van der Waals surface area contributed by atoms with E-state index in [0.29, 0.717) is 38.7 Å². The fourth-order valence-electron chi connectivity index (χ4n) is 3.44. The van der Waals surface area contributed by atoms with E-state index in [1.165, 1.54) is 10.4 Å². The second-order valence-corrected chi connectivity index (χ2v) is 8.62. The van der Waals surface area contributed by atoms with Crippen LogP contribution >= 0.6 is 0 Å². The Labute approximate surface area is 149 Å². The fourth-order valence-corrected chi connectivity index (χ4v) is 5.12. The highest BCUT2D eigenvalue weighted by Gasteiger charge is 2.33. The zero-order chi connectivity index (χ0) is 18.0. The van der Waals surface area contributed by atoms with Crippen LogP contribution in [0.3, 0.4) is 0 Å². The maximum atomic E-state index is 12.8. The third kappa shape index (κ3) is 3.75. The lowest BCUT2D eigenvalue weighted by Crippen LogP contribution is -2.35. The van der Waals surface area contributed by atoms with Crippen LogP contribution in [0.4, 0.5) is 0 Å². The maximum absolute atomic E-state index is 12.8. The standard InChI is InChI=1S/C17H26N2O5S/c1-3-18(11-14-6-9-23-12-14)17(20)15-10-16(13(2)24-15)25(21,22)19-7-4-5-8-19/h10,14H,3-9,11-12H2,1-2H3. The molecule has 3 heterocycles. The summed E-state index contributed by atoms with van der Waals surface area (Å²) >= 11 is 0. The van der Waals surface area contributed by atoms with Gasteiger partial charge in [0.05, 0.1) is 6.61 Å². The molecule has 0 bridgehead atoms. The van der Waals surface area contributed by atoms with Crippen LogP contribution in [0.25, 0.3) is 0 Å². The first-order chi connectivity index (χ1) is 11.9. The molecular formula is C17H26N2O5S. The second-order valence-electron chi connectivity index (χ2n) is 6.72. The van der Waals surface area contributed by atoms with Crippen LogP contribution in [0.15, 0.2) is 15.4 Å². The Bertz CT molecular complexity index is 715. The fraction of sp³-hybridized carbons (Fsp3) is 0.706. The van der Waals surface area contributed by atoms with Crippen molar-refractivity contribution in [1.82, 2.24) is 9.21 Å². The van der Waals surface area contributed by atoms with Gasteiger partial charge in [-0.25, -0.2) is 8.42 Å². The zero-order valence-corrected chi connectivity index (χ0v) is 15.7. The second kappa shape index (κ2) is 7.47. The highest BCUT2D eigenvalue weighted by Crippen LogP contribution is 2.27. The predicted octanol–water partition coefficient (Wildman–Crippen LogP) is 1.87. The Morgan fingerprint density at radius 2 is 2.08 bits per heavy atom. The van der Waals surface area contributed by atoms with Crippen molar-refractivity contribution >= 4 is 15.9 Å². The molecule has 0 spiro atoms. The Morgan fingerprint density at radius 1 is 1.36 bits per heavy atom. The van der Waals surface area contributed by atoms with Crippen LogP contribution in [0.2, 0.25) is 0 Å². The number of ether oxygens (including phenoxy) is 1. The normalized spacial score (nSPS) is 21.8. The van der Waals surface area contributed by atoms with E-state index in [4.69, 9.17) is 9.15 Å². The number of carbonyl (C=O) groups excluding carboxylic acids is 1. The van der Waals surface area contributed by atoms with Gasteiger partial charge >= 0.3 is 0 Å². The van der Waals surface area contributed by atoms with E-state index in [1.807, 2.05) is 6.92 Å². The average molecular weight is 370 g/mol. The Morgan fingerprint density at radius 3 is 2.68 bits per heavy atom. The summed E-state index contributed by atoms with van der Waals surface area (Å²) in [4.78, 5) is 14.6. The van der Waals surface area contributed by atoms with E-state index in [9.17, 15) is 13.2 Å². The molecule has 25 heavy (non-hydrogen) atoms. The molecule has 2 aliphatic heterocycles. The molecule has 2 aliphatic rings. The number of hydrogen-bond donors (Lipinski definition) is 0. The lowest BCUT2D eigenvalue weighted by molar-refractivity contribution is 0.0697. The van der Waals surface area contributed by atoms with Crippen molar-refractivity contribution in [2.24, 2.45) is 5.92 Å². The van der Waals surface area contributed by atoms with Crippen LogP contribution in [0.1, 0.15) is 42.5 Å². The van der Waals surface area contributed by atoms with Crippen molar-refractivity contribution in [3.8, 4) is 0 Å². The number of furan rings is 1. The monoisotopic (exact) mass is 370 g/mol. The SMILES string of the molecule is CCN(CC1CCOC1)C(=O)c1cc(S(=O)(=O)N2CCCC2)c(C)o1. The first kappa shape index (κ1) is 18.4. The van der Waals surface area contributed by atoms with Gasteiger partial charge in [0.15, 0.2) is 5.76 Å². The van der Waals surface area contributed by atoms with Crippen molar-refractivity contribution in [2.75, 3.05) is 39.4 Å². The largest absolute Gasteiger partial charge is 0.455 e. The molecular weight excluding hydrogens is 344 g/mol. The van der Waals surface area contributed by atoms with Crippen LogP contribution in [0, 0.1) is 12.8 Å². The number of aryl methyl sites for hydroxylation is 1. The molecule has 1 amide bonds. The van der Waals surface area contributed by atoms with Crippen molar-refractivity contribution < 1.29 is 22.4 Å². The molecule has 2 fully saturated rings. The van der Waals surface area contributed by atoms with Gasteiger partial charge in [-0.15, -0.1) is 0 Å². The highest BCUT2D eigenvalue weighted by molar-refractivity contribution is 7.89. The van der Waals surface area contributed by atoms with Gasteiger partial charge in [-0.2, -0.15) is 4.31 Å². The van der Waals surface area contributed by atoms with Gasteiger partial charge in [0.25, 0.3) is 5.91 Å². The lowest BCUT2D eigenvalue weighted by Gasteiger charge is -2.22. The number of carbonyl (C=O) groups is 1. The van der Waals surface area contributed by atoms with Gasteiger partial charge in [0.2, 0.25) is 10.0 Å². The summed E-state index contributed by atoms with van der Waals surface area (Å²) in [7, 11) is -3.59. The Kier molecular flexibility index (Phi) is 5.50. The van der Waals surface area contributed by atoms with E-state index in [0.717, 1.165) is 25.9 Å². The summed E-state index contributed by atoms with van der Waals surface area (Å²) in [5, 5.41) is 0. The van der Waals surface area contributed by atoms with Gasteiger partial charge in [0.1, 0.15) is 10.7 Å². The Hall–Kier alpha value is -1.38. The molecule has 1 unspecified atom stereocenters. The minimum Gasteiger partial charge on any atom is -0.455 e. The molecule has 0 radical (unpaired) electrons. The molecule has 1 aromatic heterocycles. The maximum Gasteiger partial charge on any atom is 0.289 e. The topological polar surface area (TPSA) is 80.1 Å². The van der Waals surface area contributed by atoms with Crippen LogP contribution in [-0.4, -0.2) is 62.9 Å². The van der Waals surface area contributed by atoms with E-state index < -0.39 is 10.0 Å². The van der Waals surface area contributed by atoms with Gasteiger partial charge in [0, 0.05) is 44.8 Å². The van der Waals surface area contributed by atoms with Crippen LogP contribution < -0.4 is 0 Å². The van der Waals surface area contributed by atoms with Gasteiger partial charge < -0.3 is 14.1 Å². The zero-order valence-electron chi connectivity index (χ0n) is 14.9. The summed E-state index contributed by atoms with van der Waals surface area (Å²) in [6.45, 7) is 7.10. The van der Waals surface area contributed by atoms with Crippen molar-refractivity contribution in [3.63, 3.8) is 0 Å². The van der Waals surface area contributed by atoms with E-state index >= 15 is 0 Å². The molecule has 0 aliphatic carbocycles. The highest BCUT2D eigenvalue weighted by atomic mass is 32.2. The van der Waals surface area contributed by atoms with Crippen molar-refractivity contribution in [2.45, 2.75) is 38.0 Å². The van der Waals surface area contributed by atoms with Gasteiger partial charge in [-0.1, -0.05) is 0 Å². The summed E-state index contributed by atoms with van der Waals surface area (Å²) in [5.74, 6) is 0.430. The van der Waals surface area contributed by atoms with E-state index in [1.54, 1.807) is 11.8 Å². The molecule has 0 N–H and O–H groups in total. The smallest absolute Gasteiger partial charge is 0.289 e. The summed E-state index contributed by atoms with van der Waals surface area (Å²) in [6, 6.07) is 1.39. The summed E-state index contributed by atoms with van der Waals surface area (Å²) in [5.41, 5.74) is 0. The van der Waals surface area contributed by atoms with Crippen molar-refractivity contribution in [1.29, 1.82) is 0 Å². The summed E-state index contributed by atoms with van der Waals surface area (Å²) < 4.78 is 37.8. The van der Waals surface area contributed by atoms with E-state index in [-0.39, 0.29) is 22.3 Å². The average Bonchev–Trinajstić information content (AvgIpc) is 3.32. The third-order valence-electron chi connectivity index (χ3n) is 4.94. The van der Waals surface area contributed by atoms with E-state index in [2.05, 4.69) is 0 Å². The molecule has 1 aromatic rings. The molecule has 3 rings (SSSR count). The third-order valence-corrected chi connectivity index (χ3v) is 6.94. The number of rotatable bonds is 6. The lowest BCUT2D eigenvalue weighted by atomic mass is 10.1. The number of nitrogens with zero attached hydrogens (tertiary/aromatic N) is 2. The number of sulfonamides is 1. The van der Waals surface area contributed by atoms with Crippen molar-refractivity contribution in [3.05, 3.63) is 17.6 Å². The number of hydrogen-bond acceptors (Lipinski definition) is 5. The first-order valence-corrected chi connectivity index (χ1v) is 10.3. The number of amides is 1. The molecule has 140 valence electrons. The van der Waals surface area contributed by atoms with Crippen LogP contribution in [0.5, 0.6) is 0 Å². The first-order valence-electron chi connectivity index (χ1n) is 8.91. The molecule has 1 atom stereocenters. The quantitative estimate of drug-likeness (QED) is 0.764. The van der Waals surface area contributed by atoms with Gasteiger partial charge in [-0.05, 0) is 33.1 Å².